The molecule has 0 radical (unpaired) electrons. The van der Waals surface area contributed by atoms with Crippen LogP contribution in [-0.2, 0) is 0 Å². The molecule has 0 aromatic heterocycles. The molecule has 0 spiro atoms. The molecule has 0 bridgehead atoms. The van der Waals surface area contributed by atoms with Gasteiger partial charge in [-0.2, -0.15) is 0 Å². The van der Waals surface area contributed by atoms with E-state index in [0.717, 1.165) is 17.8 Å². The standard InChI is InChI=1S/C12H19ClN2/c1-4-11(8(2)3)15-12-7-9(13)5-6-10(12)14/h5-8,11,15H,4,14H2,1-3H3. The van der Waals surface area contributed by atoms with E-state index in [2.05, 4.69) is 26.1 Å². The number of nitrogens with one attached hydrogen (secondary N) is 1. The summed E-state index contributed by atoms with van der Waals surface area (Å²) in [4.78, 5) is 0. The molecule has 2 nitrogen and oxygen atoms in total. The second-order valence-electron chi connectivity index (χ2n) is 4.13. The zero-order valence-electron chi connectivity index (χ0n) is 9.55. The molecule has 0 aliphatic heterocycles. The van der Waals surface area contributed by atoms with E-state index in [4.69, 9.17) is 17.3 Å². The highest BCUT2D eigenvalue weighted by atomic mass is 35.5. The van der Waals surface area contributed by atoms with E-state index in [1.165, 1.54) is 0 Å². The minimum atomic E-state index is 0.436. The van der Waals surface area contributed by atoms with Crippen LogP contribution in [0.3, 0.4) is 0 Å². The highest BCUT2D eigenvalue weighted by molar-refractivity contribution is 6.31. The van der Waals surface area contributed by atoms with E-state index in [9.17, 15) is 0 Å². The molecule has 3 N–H and O–H groups in total. The Hall–Kier alpha value is -0.890. The number of hydrogen-bond donors (Lipinski definition) is 2. The lowest BCUT2D eigenvalue weighted by Gasteiger charge is -2.23. The molecule has 15 heavy (non-hydrogen) atoms. The Morgan fingerprint density at radius 1 is 1.40 bits per heavy atom. The molecular weight excluding hydrogens is 208 g/mol. The van der Waals surface area contributed by atoms with Gasteiger partial charge in [0.15, 0.2) is 0 Å². The molecule has 3 heteroatoms. The van der Waals surface area contributed by atoms with E-state index in [-0.39, 0.29) is 0 Å². The van der Waals surface area contributed by atoms with Gasteiger partial charge in [0.1, 0.15) is 0 Å². The van der Waals surface area contributed by atoms with E-state index >= 15 is 0 Å². The highest BCUT2D eigenvalue weighted by Gasteiger charge is 2.11. The predicted octanol–water partition coefficient (Wildman–Crippen LogP) is 3.77. The van der Waals surface area contributed by atoms with E-state index in [1.54, 1.807) is 6.07 Å². The molecular formula is C12H19ClN2. The predicted molar refractivity (Wildman–Crippen MR) is 68.4 cm³/mol. The molecule has 0 saturated heterocycles. The van der Waals surface area contributed by atoms with Crippen LogP contribution >= 0.6 is 11.6 Å². The molecule has 1 aromatic rings. The normalized spacial score (nSPS) is 12.9. The first-order valence-electron chi connectivity index (χ1n) is 5.36. The summed E-state index contributed by atoms with van der Waals surface area (Å²) in [6.07, 6.45) is 1.07. The third kappa shape index (κ3) is 3.31. The van der Waals surface area contributed by atoms with Crippen LogP contribution in [0, 0.1) is 5.92 Å². The Morgan fingerprint density at radius 2 is 2.07 bits per heavy atom. The fourth-order valence-corrected chi connectivity index (χ4v) is 1.77. The van der Waals surface area contributed by atoms with Crippen molar-refractivity contribution >= 4 is 23.0 Å². The van der Waals surface area contributed by atoms with Crippen LogP contribution in [0.1, 0.15) is 27.2 Å². The number of rotatable bonds is 4. The van der Waals surface area contributed by atoms with Crippen LogP contribution in [0.25, 0.3) is 0 Å². The summed E-state index contributed by atoms with van der Waals surface area (Å²) in [5.41, 5.74) is 7.55. The summed E-state index contributed by atoms with van der Waals surface area (Å²) in [6, 6.07) is 5.95. The van der Waals surface area contributed by atoms with E-state index in [1.807, 2.05) is 12.1 Å². The molecule has 1 atom stereocenters. The molecule has 0 aliphatic rings. The van der Waals surface area contributed by atoms with Crippen molar-refractivity contribution in [3.05, 3.63) is 23.2 Å². The van der Waals surface area contributed by atoms with Gasteiger partial charge in [0.25, 0.3) is 0 Å². The molecule has 0 saturated carbocycles. The number of anilines is 2. The van der Waals surface area contributed by atoms with Gasteiger partial charge in [-0.25, -0.2) is 0 Å². The van der Waals surface area contributed by atoms with Crippen LogP contribution in [0.4, 0.5) is 11.4 Å². The molecule has 1 unspecified atom stereocenters. The van der Waals surface area contributed by atoms with E-state index in [0.29, 0.717) is 17.0 Å². The van der Waals surface area contributed by atoms with Gasteiger partial charge in [0, 0.05) is 11.1 Å². The number of halogens is 1. The summed E-state index contributed by atoms with van der Waals surface area (Å²) >= 11 is 5.93. The van der Waals surface area contributed by atoms with Crippen LogP contribution in [0.5, 0.6) is 0 Å². The average Bonchev–Trinajstić information content (AvgIpc) is 2.18. The van der Waals surface area contributed by atoms with Crippen molar-refractivity contribution in [2.24, 2.45) is 5.92 Å². The summed E-state index contributed by atoms with van der Waals surface area (Å²) in [5, 5.41) is 4.14. The summed E-state index contributed by atoms with van der Waals surface area (Å²) in [7, 11) is 0. The second kappa shape index (κ2) is 5.26. The minimum Gasteiger partial charge on any atom is -0.397 e. The van der Waals surface area contributed by atoms with Crippen molar-refractivity contribution in [2.75, 3.05) is 11.1 Å². The smallest absolute Gasteiger partial charge is 0.0591 e. The second-order valence-corrected chi connectivity index (χ2v) is 4.57. The number of nitrogen functional groups attached to an aromatic ring is 1. The van der Waals surface area contributed by atoms with Crippen LogP contribution in [0.15, 0.2) is 18.2 Å². The topological polar surface area (TPSA) is 38.0 Å². The van der Waals surface area contributed by atoms with Crippen molar-refractivity contribution in [1.82, 2.24) is 0 Å². The summed E-state index contributed by atoms with van der Waals surface area (Å²) < 4.78 is 0. The van der Waals surface area contributed by atoms with Gasteiger partial charge in [-0.3, -0.25) is 0 Å². The summed E-state index contributed by atoms with van der Waals surface area (Å²) in [5.74, 6) is 0.577. The van der Waals surface area contributed by atoms with Crippen LogP contribution < -0.4 is 11.1 Å². The zero-order valence-corrected chi connectivity index (χ0v) is 10.3. The Bertz CT molecular complexity index is 323. The Balaban J connectivity index is 2.82. The minimum absolute atomic E-state index is 0.436. The van der Waals surface area contributed by atoms with Gasteiger partial charge in [0.2, 0.25) is 0 Å². The number of nitrogens with two attached hydrogens (primary N) is 1. The van der Waals surface area contributed by atoms with Crippen LogP contribution in [0.2, 0.25) is 5.02 Å². The van der Waals surface area contributed by atoms with Gasteiger partial charge < -0.3 is 11.1 Å². The third-order valence-electron chi connectivity index (χ3n) is 2.60. The Kier molecular flexibility index (Phi) is 4.28. The summed E-state index contributed by atoms with van der Waals surface area (Å²) in [6.45, 7) is 6.56. The SMILES string of the molecule is CCC(Nc1cc(Cl)ccc1N)C(C)C. The fourth-order valence-electron chi connectivity index (χ4n) is 1.59. The first-order chi connectivity index (χ1) is 7.04. The van der Waals surface area contributed by atoms with Crippen molar-refractivity contribution in [3.63, 3.8) is 0 Å². The van der Waals surface area contributed by atoms with Crippen molar-refractivity contribution in [3.8, 4) is 0 Å². The maximum absolute atomic E-state index is 5.93. The fraction of sp³-hybridized carbons (Fsp3) is 0.500. The molecule has 0 fully saturated rings. The third-order valence-corrected chi connectivity index (χ3v) is 2.84. The lowest BCUT2D eigenvalue weighted by molar-refractivity contribution is 0.511. The van der Waals surface area contributed by atoms with E-state index < -0.39 is 0 Å². The quantitative estimate of drug-likeness (QED) is 0.768. The Morgan fingerprint density at radius 3 is 2.60 bits per heavy atom. The average molecular weight is 227 g/mol. The number of benzene rings is 1. The molecule has 0 aliphatic carbocycles. The molecule has 0 amide bonds. The molecule has 1 aromatic carbocycles. The van der Waals surface area contributed by atoms with Gasteiger partial charge in [-0.05, 0) is 30.5 Å². The molecule has 0 heterocycles. The lowest BCUT2D eigenvalue weighted by Crippen LogP contribution is -2.25. The molecule has 84 valence electrons. The van der Waals surface area contributed by atoms with Gasteiger partial charge >= 0.3 is 0 Å². The maximum atomic E-state index is 5.93. The van der Waals surface area contributed by atoms with Crippen molar-refractivity contribution in [2.45, 2.75) is 33.2 Å². The van der Waals surface area contributed by atoms with Crippen molar-refractivity contribution in [1.29, 1.82) is 0 Å². The Labute approximate surface area is 96.8 Å². The van der Waals surface area contributed by atoms with Gasteiger partial charge in [-0.1, -0.05) is 32.4 Å². The lowest BCUT2D eigenvalue weighted by atomic mass is 10.0. The first-order valence-corrected chi connectivity index (χ1v) is 5.74. The van der Waals surface area contributed by atoms with Gasteiger partial charge in [0.05, 0.1) is 11.4 Å². The largest absolute Gasteiger partial charge is 0.397 e. The molecule has 1 rings (SSSR count). The first kappa shape index (κ1) is 12.2. The maximum Gasteiger partial charge on any atom is 0.0591 e. The monoisotopic (exact) mass is 226 g/mol. The van der Waals surface area contributed by atoms with Crippen molar-refractivity contribution < 1.29 is 0 Å². The zero-order chi connectivity index (χ0) is 11.4. The number of hydrogen-bond acceptors (Lipinski definition) is 2. The highest BCUT2D eigenvalue weighted by Crippen LogP contribution is 2.25. The van der Waals surface area contributed by atoms with Gasteiger partial charge in [-0.15, -0.1) is 0 Å². The van der Waals surface area contributed by atoms with Crippen LogP contribution in [-0.4, -0.2) is 6.04 Å².